The fourth-order valence-corrected chi connectivity index (χ4v) is 0.427. The van der Waals surface area contributed by atoms with Gasteiger partial charge in [-0.05, 0) is 0 Å². The van der Waals surface area contributed by atoms with Crippen molar-refractivity contribution < 1.29 is 13.2 Å². The molecule has 1 radical (unpaired) electrons. The number of hydrogen-bond donors (Lipinski definition) is 3. The van der Waals surface area contributed by atoms with E-state index in [0.717, 1.165) is 0 Å². The van der Waals surface area contributed by atoms with Crippen molar-refractivity contribution in [3.05, 3.63) is 6.68 Å². The van der Waals surface area contributed by atoms with Crippen LogP contribution in [-0.2, 0) is 0 Å². The Balaban J connectivity index is 0.000000310. The molecule has 1 aromatic rings. The molecule has 0 amide bonds. The molecule has 0 aliphatic heterocycles. The standard InChI is InChI=1S/C3H6N6.CF3/c4-1-7-2(5)9-3(6)8-1;2-1(3)4/h(H6,4,5,6,7,8,9);. The van der Waals surface area contributed by atoms with E-state index in [9.17, 15) is 13.2 Å². The van der Waals surface area contributed by atoms with Crippen LogP contribution in [0.3, 0.4) is 0 Å². The van der Waals surface area contributed by atoms with Crippen molar-refractivity contribution in [2.75, 3.05) is 17.2 Å². The minimum atomic E-state index is -3.08. The van der Waals surface area contributed by atoms with Gasteiger partial charge in [0.15, 0.2) is 0 Å². The molecular weight excluding hydrogens is 189 g/mol. The van der Waals surface area contributed by atoms with Gasteiger partial charge >= 0.3 is 6.68 Å². The van der Waals surface area contributed by atoms with Crippen LogP contribution < -0.4 is 17.2 Å². The van der Waals surface area contributed by atoms with E-state index in [1.54, 1.807) is 0 Å². The zero-order chi connectivity index (χ0) is 10.4. The number of halogens is 3. The first-order chi connectivity index (χ1) is 5.91. The average Bonchev–Trinajstić information content (AvgIpc) is 1.80. The predicted octanol–water partition coefficient (Wildman–Crippen LogP) is -0.0399. The molecule has 0 spiro atoms. The van der Waals surface area contributed by atoms with Crippen molar-refractivity contribution in [1.29, 1.82) is 0 Å². The molecule has 0 unspecified atom stereocenters. The van der Waals surface area contributed by atoms with Gasteiger partial charge in [-0.2, -0.15) is 28.1 Å². The largest absolute Gasteiger partial charge is 0.487 e. The Morgan fingerprint density at radius 2 is 0.923 bits per heavy atom. The van der Waals surface area contributed by atoms with E-state index in [4.69, 9.17) is 17.2 Å². The van der Waals surface area contributed by atoms with Crippen LogP contribution in [0.25, 0.3) is 0 Å². The molecule has 0 saturated heterocycles. The Kier molecular flexibility index (Phi) is 4.27. The first-order valence-corrected chi connectivity index (χ1v) is 2.77. The molecule has 0 aliphatic rings. The monoisotopic (exact) mass is 195 g/mol. The highest BCUT2D eigenvalue weighted by Gasteiger charge is 1.94. The third-order valence-electron chi connectivity index (χ3n) is 0.687. The highest BCUT2D eigenvalue weighted by Crippen LogP contribution is 1.99. The fourth-order valence-electron chi connectivity index (χ4n) is 0.427. The lowest BCUT2D eigenvalue weighted by atomic mass is 10.9. The number of nitrogens with two attached hydrogens (primary N) is 3. The van der Waals surface area contributed by atoms with Gasteiger partial charge < -0.3 is 17.2 Å². The van der Waals surface area contributed by atoms with Crippen LogP contribution in [0.5, 0.6) is 0 Å². The molecule has 1 aromatic heterocycles. The first-order valence-electron chi connectivity index (χ1n) is 2.77. The second-order valence-corrected chi connectivity index (χ2v) is 1.62. The van der Waals surface area contributed by atoms with Crippen LogP contribution in [0.2, 0.25) is 0 Å². The highest BCUT2D eigenvalue weighted by atomic mass is 19.4. The maximum atomic E-state index is 9.58. The Labute approximate surface area is 71.0 Å². The molecule has 0 atom stereocenters. The fraction of sp³-hybridized carbons (Fsp3) is 0. The van der Waals surface area contributed by atoms with E-state index in [0.29, 0.717) is 0 Å². The molecule has 73 valence electrons. The SMILES string of the molecule is F[C](F)F.Nc1nc(N)nc(N)n1. The molecule has 0 aliphatic carbocycles. The molecule has 6 N–H and O–H groups in total. The van der Waals surface area contributed by atoms with Crippen LogP contribution in [0.4, 0.5) is 31.0 Å². The van der Waals surface area contributed by atoms with Crippen LogP contribution in [0.15, 0.2) is 0 Å². The van der Waals surface area contributed by atoms with Crippen molar-refractivity contribution in [2.45, 2.75) is 0 Å². The Hall–Kier alpha value is -1.80. The smallest absolute Gasteiger partial charge is 0.368 e. The van der Waals surface area contributed by atoms with Gasteiger partial charge in [-0.15, -0.1) is 0 Å². The quantitative estimate of drug-likeness (QED) is 0.534. The Morgan fingerprint density at radius 3 is 1.08 bits per heavy atom. The van der Waals surface area contributed by atoms with Crippen molar-refractivity contribution in [2.24, 2.45) is 0 Å². The summed E-state index contributed by atoms with van der Waals surface area (Å²) in [5.74, 6) is 0.125. The normalized spacial score (nSPS) is 9.23. The summed E-state index contributed by atoms with van der Waals surface area (Å²) in [6.07, 6.45) is 0. The summed E-state index contributed by atoms with van der Waals surface area (Å²) in [5, 5.41) is 0. The number of nitrogens with zero attached hydrogens (tertiary/aromatic N) is 3. The third-order valence-corrected chi connectivity index (χ3v) is 0.687. The van der Waals surface area contributed by atoms with E-state index in [1.807, 2.05) is 0 Å². The zero-order valence-electron chi connectivity index (χ0n) is 6.21. The summed E-state index contributed by atoms with van der Waals surface area (Å²) < 4.78 is 28.8. The molecular formula is C4H6F3N6. The van der Waals surface area contributed by atoms with E-state index < -0.39 is 6.68 Å². The van der Waals surface area contributed by atoms with Crippen LogP contribution >= 0.6 is 0 Å². The summed E-state index contributed by atoms with van der Waals surface area (Å²) in [7, 11) is 0. The topological polar surface area (TPSA) is 117 Å². The Bertz CT molecular complexity index is 213. The van der Waals surface area contributed by atoms with Gasteiger partial charge in [0.1, 0.15) is 0 Å². The number of hydrogen-bond acceptors (Lipinski definition) is 6. The van der Waals surface area contributed by atoms with Gasteiger partial charge in [-0.25, -0.2) is 0 Å². The molecule has 0 saturated carbocycles. The molecule has 0 fully saturated rings. The van der Waals surface area contributed by atoms with Crippen LogP contribution in [0.1, 0.15) is 0 Å². The van der Waals surface area contributed by atoms with E-state index in [1.165, 1.54) is 0 Å². The number of rotatable bonds is 0. The molecule has 1 rings (SSSR count). The predicted molar refractivity (Wildman–Crippen MR) is 39.6 cm³/mol. The van der Waals surface area contributed by atoms with Crippen molar-refractivity contribution in [3.8, 4) is 0 Å². The van der Waals surface area contributed by atoms with Crippen molar-refractivity contribution in [3.63, 3.8) is 0 Å². The summed E-state index contributed by atoms with van der Waals surface area (Å²) in [5.41, 5.74) is 15.4. The molecule has 13 heavy (non-hydrogen) atoms. The minimum Gasteiger partial charge on any atom is -0.368 e. The third kappa shape index (κ3) is 6.59. The second kappa shape index (κ2) is 4.95. The highest BCUT2D eigenvalue weighted by molar-refractivity contribution is 5.33. The molecule has 0 aromatic carbocycles. The molecule has 0 bridgehead atoms. The molecule has 9 heteroatoms. The van der Waals surface area contributed by atoms with Crippen molar-refractivity contribution in [1.82, 2.24) is 15.0 Å². The second-order valence-electron chi connectivity index (χ2n) is 1.62. The summed E-state index contributed by atoms with van der Waals surface area (Å²) in [6.45, 7) is -3.08. The van der Waals surface area contributed by atoms with Gasteiger partial charge in [0, 0.05) is 0 Å². The maximum Gasteiger partial charge on any atom is 0.487 e. The minimum absolute atomic E-state index is 0.0417. The van der Waals surface area contributed by atoms with E-state index in [-0.39, 0.29) is 17.8 Å². The summed E-state index contributed by atoms with van der Waals surface area (Å²) >= 11 is 0. The lowest BCUT2D eigenvalue weighted by Crippen LogP contribution is -2.05. The molecule has 6 nitrogen and oxygen atoms in total. The van der Waals surface area contributed by atoms with Crippen LogP contribution in [-0.4, -0.2) is 15.0 Å². The Morgan fingerprint density at radius 1 is 0.769 bits per heavy atom. The lowest BCUT2D eigenvalue weighted by Gasteiger charge is -1.93. The van der Waals surface area contributed by atoms with Crippen molar-refractivity contribution >= 4 is 17.8 Å². The lowest BCUT2D eigenvalue weighted by molar-refractivity contribution is 0.142. The number of nitrogen functional groups attached to an aromatic ring is 3. The van der Waals surface area contributed by atoms with Gasteiger partial charge in [0.25, 0.3) is 0 Å². The summed E-state index contributed by atoms with van der Waals surface area (Å²) in [4.78, 5) is 10.5. The van der Waals surface area contributed by atoms with E-state index in [2.05, 4.69) is 15.0 Å². The zero-order valence-corrected chi connectivity index (χ0v) is 6.21. The summed E-state index contributed by atoms with van der Waals surface area (Å²) in [6, 6.07) is 0. The average molecular weight is 195 g/mol. The van der Waals surface area contributed by atoms with Gasteiger partial charge in [0.2, 0.25) is 17.8 Å². The number of anilines is 3. The van der Waals surface area contributed by atoms with Gasteiger partial charge in [-0.1, -0.05) is 0 Å². The van der Waals surface area contributed by atoms with Gasteiger partial charge in [-0.3, -0.25) is 0 Å². The number of aromatic nitrogens is 3. The van der Waals surface area contributed by atoms with Crippen LogP contribution in [0, 0.1) is 6.68 Å². The first kappa shape index (κ1) is 11.2. The maximum absolute atomic E-state index is 9.58. The van der Waals surface area contributed by atoms with E-state index >= 15 is 0 Å². The van der Waals surface area contributed by atoms with Gasteiger partial charge in [0.05, 0.1) is 0 Å². The molecule has 1 heterocycles.